The van der Waals surface area contributed by atoms with Crippen molar-refractivity contribution in [3.63, 3.8) is 0 Å². The van der Waals surface area contributed by atoms with E-state index in [1.54, 1.807) is 20.2 Å². The molecule has 0 fully saturated rings. The minimum absolute atomic E-state index is 0.114. The predicted octanol–water partition coefficient (Wildman–Crippen LogP) is 3.33. The number of rotatable bonds is 3. The summed E-state index contributed by atoms with van der Waals surface area (Å²) in [4.78, 5) is 8.65. The Bertz CT molecular complexity index is 629. The van der Waals surface area contributed by atoms with E-state index in [4.69, 9.17) is 0 Å². The van der Waals surface area contributed by atoms with E-state index >= 15 is 0 Å². The lowest BCUT2D eigenvalue weighted by Gasteiger charge is -2.11. The fourth-order valence-corrected chi connectivity index (χ4v) is 2.84. The van der Waals surface area contributed by atoms with Crippen LogP contribution in [0.1, 0.15) is 34.4 Å². The van der Waals surface area contributed by atoms with Gasteiger partial charge >= 0.3 is 0 Å². The molecule has 1 N–H and O–H groups in total. The average Bonchev–Trinajstić information content (AvgIpc) is 2.91. The molecule has 0 amide bonds. The molecule has 4 heteroatoms. The van der Waals surface area contributed by atoms with E-state index < -0.39 is 0 Å². The Morgan fingerprint density at radius 1 is 1.15 bits per heavy atom. The number of nitrogens with one attached hydrogen (secondary N) is 1. The molecule has 0 radical (unpaired) electrons. The van der Waals surface area contributed by atoms with Crippen molar-refractivity contribution in [3.8, 4) is 0 Å². The highest BCUT2D eigenvalue weighted by Crippen LogP contribution is 2.25. The van der Waals surface area contributed by atoms with Crippen molar-refractivity contribution in [2.75, 3.05) is 5.32 Å². The monoisotopic (exact) mass is 271 g/mol. The molecule has 20 heavy (non-hydrogen) atoms. The summed E-state index contributed by atoms with van der Waals surface area (Å²) in [6, 6.07) is 3.77. The summed E-state index contributed by atoms with van der Waals surface area (Å²) in [6.45, 7) is 4.26. The van der Waals surface area contributed by atoms with Crippen molar-refractivity contribution < 1.29 is 4.39 Å². The van der Waals surface area contributed by atoms with Gasteiger partial charge in [0.25, 0.3) is 0 Å². The van der Waals surface area contributed by atoms with Gasteiger partial charge in [-0.15, -0.1) is 0 Å². The van der Waals surface area contributed by atoms with Crippen LogP contribution in [0, 0.1) is 19.7 Å². The fourth-order valence-electron chi connectivity index (χ4n) is 2.84. The molecule has 0 spiro atoms. The van der Waals surface area contributed by atoms with Gasteiger partial charge in [0.2, 0.25) is 0 Å². The lowest BCUT2D eigenvalue weighted by Crippen LogP contribution is -2.06. The van der Waals surface area contributed by atoms with Gasteiger partial charge in [-0.2, -0.15) is 0 Å². The summed E-state index contributed by atoms with van der Waals surface area (Å²) in [6.07, 6.45) is 4.85. The molecule has 104 valence electrons. The highest BCUT2D eigenvalue weighted by Gasteiger charge is 2.16. The lowest BCUT2D eigenvalue weighted by molar-refractivity contribution is 0.608. The second-order valence-corrected chi connectivity index (χ2v) is 5.40. The van der Waals surface area contributed by atoms with E-state index in [1.807, 2.05) is 12.1 Å². The summed E-state index contributed by atoms with van der Waals surface area (Å²) >= 11 is 0. The average molecular weight is 271 g/mol. The van der Waals surface area contributed by atoms with E-state index in [-0.39, 0.29) is 5.82 Å². The number of nitrogens with zero attached hydrogens (tertiary/aromatic N) is 2. The standard InChI is InChI=1S/C16H18FN3/c1-10-6-12(7-11(2)15(10)17)8-18-16-13-4-3-5-14(13)19-9-20-16/h6-7,9H,3-5,8H2,1-2H3,(H,18,19,20). The van der Waals surface area contributed by atoms with Crippen LogP contribution in [0.4, 0.5) is 10.2 Å². The molecule has 0 unspecified atom stereocenters. The second-order valence-electron chi connectivity index (χ2n) is 5.40. The Balaban J connectivity index is 1.79. The molecule has 2 aromatic rings. The van der Waals surface area contributed by atoms with Gasteiger partial charge in [-0.05, 0) is 49.8 Å². The van der Waals surface area contributed by atoms with Crippen molar-refractivity contribution in [1.29, 1.82) is 0 Å². The van der Waals surface area contributed by atoms with Crippen LogP contribution in [0.5, 0.6) is 0 Å². The van der Waals surface area contributed by atoms with Crippen LogP contribution >= 0.6 is 0 Å². The van der Waals surface area contributed by atoms with Gasteiger partial charge in [-0.25, -0.2) is 14.4 Å². The summed E-state index contributed by atoms with van der Waals surface area (Å²) in [5, 5.41) is 3.36. The van der Waals surface area contributed by atoms with Crippen molar-refractivity contribution in [3.05, 3.63) is 52.2 Å². The number of anilines is 1. The van der Waals surface area contributed by atoms with Crippen LogP contribution in [0.3, 0.4) is 0 Å². The molecular formula is C16H18FN3. The Kier molecular flexibility index (Phi) is 3.38. The quantitative estimate of drug-likeness (QED) is 0.930. The molecular weight excluding hydrogens is 253 g/mol. The number of aryl methyl sites for hydroxylation is 3. The van der Waals surface area contributed by atoms with Gasteiger partial charge < -0.3 is 5.32 Å². The molecule has 0 bridgehead atoms. The van der Waals surface area contributed by atoms with E-state index in [0.29, 0.717) is 17.7 Å². The van der Waals surface area contributed by atoms with Gasteiger partial charge in [0.1, 0.15) is 18.0 Å². The number of hydrogen-bond acceptors (Lipinski definition) is 3. The normalized spacial score (nSPS) is 13.3. The molecule has 3 nitrogen and oxygen atoms in total. The van der Waals surface area contributed by atoms with E-state index in [0.717, 1.165) is 36.3 Å². The second kappa shape index (κ2) is 5.19. The Morgan fingerprint density at radius 2 is 1.90 bits per heavy atom. The lowest BCUT2D eigenvalue weighted by atomic mass is 10.1. The molecule has 1 aromatic heterocycles. The molecule has 0 aliphatic heterocycles. The van der Waals surface area contributed by atoms with Gasteiger partial charge in [0.15, 0.2) is 0 Å². The number of hydrogen-bond donors (Lipinski definition) is 1. The van der Waals surface area contributed by atoms with Gasteiger partial charge in [0.05, 0.1) is 0 Å². The largest absolute Gasteiger partial charge is 0.366 e. The van der Waals surface area contributed by atoms with Crippen LogP contribution < -0.4 is 5.32 Å². The molecule has 0 saturated heterocycles. The van der Waals surface area contributed by atoms with Gasteiger partial charge in [-0.3, -0.25) is 0 Å². The van der Waals surface area contributed by atoms with Crippen LogP contribution in [0.2, 0.25) is 0 Å². The Labute approximate surface area is 118 Å². The summed E-state index contributed by atoms with van der Waals surface area (Å²) < 4.78 is 13.6. The van der Waals surface area contributed by atoms with E-state index in [2.05, 4.69) is 15.3 Å². The van der Waals surface area contributed by atoms with Crippen molar-refractivity contribution in [2.24, 2.45) is 0 Å². The summed E-state index contributed by atoms with van der Waals surface area (Å²) in [7, 11) is 0. The van der Waals surface area contributed by atoms with E-state index in [9.17, 15) is 4.39 Å². The maximum Gasteiger partial charge on any atom is 0.133 e. The van der Waals surface area contributed by atoms with Crippen LogP contribution in [-0.2, 0) is 19.4 Å². The van der Waals surface area contributed by atoms with Crippen molar-refractivity contribution in [1.82, 2.24) is 9.97 Å². The fraction of sp³-hybridized carbons (Fsp3) is 0.375. The maximum absolute atomic E-state index is 13.6. The zero-order valence-corrected chi connectivity index (χ0v) is 11.8. The van der Waals surface area contributed by atoms with Gasteiger partial charge in [0, 0.05) is 17.8 Å². The first kappa shape index (κ1) is 13.0. The number of benzene rings is 1. The third-order valence-electron chi connectivity index (χ3n) is 3.83. The third kappa shape index (κ3) is 2.38. The molecule has 1 aliphatic carbocycles. The first-order valence-electron chi connectivity index (χ1n) is 6.97. The maximum atomic E-state index is 13.6. The minimum Gasteiger partial charge on any atom is -0.366 e. The molecule has 3 rings (SSSR count). The van der Waals surface area contributed by atoms with Crippen molar-refractivity contribution in [2.45, 2.75) is 39.7 Å². The zero-order chi connectivity index (χ0) is 14.1. The minimum atomic E-state index is -0.114. The molecule has 0 atom stereocenters. The first-order valence-corrected chi connectivity index (χ1v) is 6.97. The number of aromatic nitrogens is 2. The Hall–Kier alpha value is -1.97. The third-order valence-corrected chi connectivity index (χ3v) is 3.83. The summed E-state index contributed by atoms with van der Waals surface area (Å²) in [5.41, 5.74) is 4.85. The van der Waals surface area contributed by atoms with Crippen LogP contribution in [0.15, 0.2) is 18.5 Å². The number of halogens is 1. The van der Waals surface area contributed by atoms with Crippen LogP contribution in [-0.4, -0.2) is 9.97 Å². The SMILES string of the molecule is Cc1cc(CNc2ncnc3c2CCC3)cc(C)c1F. The first-order chi connectivity index (χ1) is 9.65. The number of fused-ring (bicyclic) bond motifs is 1. The highest BCUT2D eigenvalue weighted by molar-refractivity contribution is 5.48. The van der Waals surface area contributed by atoms with Crippen LogP contribution in [0.25, 0.3) is 0 Å². The molecule has 1 heterocycles. The van der Waals surface area contributed by atoms with Crippen molar-refractivity contribution >= 4 is 5.82 Å². The van der Waals surface area contributed by atoms with Gasteiger partial charge in [-0.1, -0.05) is 12.1 Å². The molecule has 1 aromatic carbocycles. The molecule has 1 aliphatic rings. The predicted molar refractivity (Wildman–Crippen MR) is 77.3 cm³/mol. The topological polar surface area (TPSA) is 37.8 Å². The highest BCUT2D eigenvalue weighted by atomic mass is 19.1. The zero-order valence-electron chi connectivity index (χ0n) is 11.8. The van der Waals surface area contributed by atoms with E-state index in [1.165, 1.54) is 5.56 Å². The molecule has 0 saturated carbocycles. The summed E-state index contributed by atoms with van der Waals surface area (Å²) in [5.74, 6) is 0.809. The smallest absolute Gasteiger partial charge is 0.133 e. The Morgan fingerprint density at radius 3 is 2.65 bits per heavy atom.